The summed E-state index contributed by atoms with van der Waals surface area (Å²) in [6.45, 7) is 4.70. The number of fused-ring (bicyclic) bond motifs is 3. The van der Waals surface area contributed by atoms with Gasteiger partial charge in [-0.15, -0.1) is 15.3 Å². The van der Waals surface area contributed by atoms with Gasteiger partial charge in [-0.1, -0.05) is 0 Å². The van der Waals surface area contributed by atoms with Crippen molar-refractivity contribution in [3.63, 3.8) is 0 Å². The summed E-state index contributed by atoms with van der Waals surface area (Å²) in [7, 11) is 0. The second-order valence-corrected chi connectivity index (χ2v) is 8.33. The Bertz CT molecular complexity index is 1360. The van der Waals surface area contributed by atoms with Crippen LogP contribution in [0.1, 0.15) is 29.1 Å². The molecular formula is C21H20F3N9. The van der Waals surface area contributed by atoms with Crippen LogP contribution < -0.4 is 9.80 Å². The molecule has 12 heteroatoms. The van der Waals surface area contributed by atoms with Gasteiger partial charge in [-0.05, 0) is 36.6 Å². The average molecular weight is 455 g/mol. The summed E-state index contributed by atoms with van der Waals surface area (Å²) in [6, 6.07) is 5.69. The Kier molecular flexibility index (Phi) is 4.32. The number of hydrogen-bond acceptors (Lipinski definition) is 7. The number of aromatic nitrogens is 7. The molecule has 0 spiro atoms. The van der Waals surface area contributed by atoms with Crippen molar-refractivity contribution in [1.29, 1.82) is 0 Å². The Morgan fingerprint density at radius 2 is 1.94 bits per heavy atom. The van der Waals surface area contributed by atoms with Gasteiger partial charge in [0.1, 0.15) is 5.82 Å². The van der Waals surface area contributed by atoms with Gasteiger partial charge in [-0.25, -0.2) is 4.68 Å². The summed E-state index contributed by atoms with van der Waals surface area (Å²) >= 11 is 0. The number of alkyl halides is 3. The van der Waals surface area contributed by atoms with Gasteiger partial charge in [0.15, 0.2) is 11.5 Å². The lowest BCUT2D eigenvalue weighted by atomic mass is 10.0. The topological polar surface area (TPSA) is 80.3 Å². The summed E-state index contributed by atoms with van der Waals surface area (Å²) in [6.07, 6.45) is 0.723. The van der Waals surface area contributed by atoms with Gasteiger partial charge in [0.2, 0.25) is 0 Å². The van der Waals surface area contributed by atoms with Gasteiger partial charge in [0.25, 0.3) is 5.82 Å². The highest BCUT2D eigenvalue weighted by atomic mass is 19.4. The van der Waals surface area contributed by atoms with Crippen LogP contribution in [-0.2, 0) is 25.7 Å². The Labute approximate surface area is 186 Å². The second-order valence-electron chi connectivity index (χ2n) is 8.33. The fraction of sp³-hybridized carbons (Fsp3) is 0.381. The molecule has 6 heterocycles. The molecule has 0 amide bonds. The molecule has 0 bridgehead atoms. The predicted molar refractivity (Wildman–Crippen MR) is 113 cm³/mol. The third-order valence-electron chi connectivity index (χ3n) is 6.17. The summed E-state index contributed by atoms with van der Waals surface area (Å²) in [5.74, 6) is 0.396. The first kappa shape index (κ1) is 19.9. The normalized spacial score (nSPS) is 16.2. The van der Waals surface area contributed by atoms with Crippen LogP contribution in [-0.4, -0.2) is 47.7 Å². The van der Waals surface area contributed by atoms with Crippen LogP contribution in [0.25, 0.3) is 5.65 Å². The van der Waals surface area contributed by atoms with E-state index >= 15 is 0 Å². The molecule has 2 aliphatic heterocycles. The summed E-state index contributed by atoms with van der Waals surface area (Å²) in [5, 5.41) is 15.6. The van der Waals surface area contributed by atoms with E-state index in [0.29, 0.717) is 25.3 Å². The first-order valence-electron chi connectivity index (χ1n) is 10.7. The number of anilines is 3. The minimum atomic E-state index is -4.63. The van der Waals surface area contributed by atoms with Crippen molar-refractivity contribution in [3.05, 3.63) is 53.2 Å². The minimum absolute atomic E-state index is 0.0756. The second kappa shape index (κ2) is 7.15. The molecule has 0 fully saturated rings. The van der Waals surface area contributed by atoms with Crippen LogP contribution in [0.2, 0.25) is 0 Å². The molecule has 0 N–H and O–H groups in total. The molecule has 170 valence electrons. The summed E-state index contributed by atoms with van der Waals surface area (Å²) in [5.41, 5.74) is 3.84. The number of pyridine rings is 1. The first-order valence-corrected chi connectivity index (χ1v) is 10.7. The summed E-state index contributed by atoms with van der Waals surface area (Å²) in [4.78, 5) is 8.89. The SMILES string of the molecule is Cc1cc2nnc(C(F)(F)F)n2nc1N1CCc2ncc(N3CCCn4nccc43)cc2C1. The highest BCUT2D eigenvalue weighted by molar-refractivity contribution is 5.62. The monoisotopic (exact) mass is 455 g/mol. The molecule has 4 aromatic rings. The number of nitrogens with zero attached hydrogens (tertiary/aromatic N) is 9. The third kappa shape index (κ3) is 3.28. The van der Waals surface area contributed by atoms with E-state index in [1.807, 2.05) is 28.8 Å². The van der Waals surface area contributed by atoms with Gasteiger partial charge >= 0.3 is 6.18 Å². The maximum atomic E-state index is 13.3. The fourth-order valence-electron chi connectivity index (χ4n) is 4.63. The molecule has 0 saturated carbocycles. The van der Waals surface area contributed by atoms with E-state index in [-0.39, 0.29) is 5.65 Å². The first-order chi connectivity index (χ1) is 15.9. The minimum Gasteiger partial charge on any atom is -0.350 e. The van der Waals surface area contributed by atoms with E-state index in [4.69, 9.17) is 4.98 Å². The van der Waals surface area contributed by atoms with E-state index in [2.05, 4.69) is 31.4 Å². The number of hydrogen-bond donors (Lipinski definition) is 0. The Balaban J connectivity index is 1.35. The number of aryl methyl sites for hydroxylation is 2. The van der Waals surface area contributed by atoms with Gasteiger partial charge < -0.3 is 9.80 Å². The number of halogens is 3. The molecule has 33 heavy (non-hydrogen) atoms. The van der Waals surface area contributed by atoms with Crippen LogP contribution in [0.15, 0.2) is 30.6 Å². The average Bonchev–Trinajstić information content (AvgIpc) is 3.44. The number of rotatable bonds is 2. The smallest absolute Gasteiger partial charge is 0.350 e. The molecule has 0 aromatic carbocycles. The van der Waals surface area contributed by atoms with Crippen LogP contribution >= 0.6 is 0 Å². The zero-order chi connectivity index (χ0) is 22.7. The highest BCUT2D eigenvalue weighted by Gasteiger charge is 2.38. The Morgan fingerprint density at radius 1 is 1.06 bits per heavy atom. The summed E-state index contributed by atoms with van der Waals surface area (Å²) < 4.78 is 42.8. The van der Waals surface area contributed by atoms with E-state index in [9.17, 15) is 13.2 Å². The Hall–Kier alpha value is -3.70. The van der Waals surface area contributed by atoms with E-state index in [1.54, 1.807) is 12.3 Å². The van der Waals surface area contributed by atoms with E-state index in [0.717, 1.165) is 52.4 Å². The molecule has 0 radical (unpaired) electrons. The molecule has 0 atom stereocenters. The zero-order valence-corrected chi connectivity index (χ0v) is 17.8. The molecule has 4 aromatic heterocycles. The molecule has 0 aliphatic carbocycles. The fourth-order valence-corrected chi connectivity index (χ4v) is 4.63. The van der Waals surface area contributed by atoms with Gasteiger partial charge in [-0.2, -0.15) is 22.8 Å². The van der Waals surface area contributed by atoms with E-state index in [1.165, 1.54) is 0 Å². The maximum Gasteiger partial charge on any atom is 0.453 e. The molecule has 2 aliphatic rings. The lowest BCUT2D eigenvalue weighted by Gasteiger charge is -2.33. The third-order valence-corrected chi connectivity index (χ3v) is 6.17. The van der Waals surface area contributed by atoms with Crippen molar-refractivity contribution in [1.82, 2.24) is 34.6 Å². The van der Waals surface area contributed by atoms with Crippen molar-refractivity contribution in [2.45, 2.75) is 39.0 Å². The molecular weight excluding hydrogens is 435 g/mol. The van der Waals surface area contributed by atoms with Gasteiger partial charge in [-0.3, -0.25) is 4.98 Å². The van der Waals surface area contributed by atoms with Crippen molar-refractivity contribution in [3.8, 4) is 0 Å². The largest absolute Gasteiger partial charge is 0.453 e. The Morgan fingerprint density at radius 3 is 2.79 bits per heavy atom. The molecule has 6 rings (SSSR count). The van der Waals surface area contributed by atoms with Crippen molar-refractivity contribution >= 4 is 23.0 Å². The quantitative estimate of drug-likeness (QED) is 0.459. The van der Waals surface area contributed by atoms with E-state index < -0.39 is 12.0 Å². The van der Waals surface area contributed by atoms with Gasteiger partial charge in [0, 0.05) is 44.4 Å². The van der Waals surface area contributed by atoms with Crippen molar-refractivity contribution in [2.75, 3.05) is 22.9 Å². The lowest BCUT2D eigenvalue weighted by Crippen LogP contribution is -2.33. The predicted octanol–water partition coefficient (Wildman–Crippen LogP) is 3.15. The zero-order valence-electron chi connectivity index (χ0n) is 17.8. The molecule has 9 nitrogen and oxygen atoms in total. The highest BCUT2D eigenvalue weighted by Crippen LogP contribution is 2.33. The maximum absolute atomic E-state index is 13.3. The van der Waals surface area contributed by atoms with Crippen LogP contribution in [0.5, 0.6) is 0 Å². The van der Waals surface area contributed by atoms with Crippen molar-refractivity contribution in [2.24, 2.45) is 0 Å². The van der Waals surface area contributed by atoms with Crippen LogP contribution in [0.3, 0.4) is 0 Å². The lowest BCUT2D eigenvalue weighted by molar-refractivity contribution is -0.146. The van der Waals surface area contributed by atoms with Gasteiger partial charge in [0.05, 0.1) is 18.1 Å². The standard InChI is InChI=1S/C21H20F3N9/c1-13-9-17-27-28-20(21(22,23)24)33(17)29-19(13)30-8-4-16-14(12-30)10-15(11-25-16)31-6-2-7-32-18(31)3-5-26-32/h3,5,9-11H,2,4,6-8,12H2,1H3. The van der Waals surface area contributed by atoms with Crippen LogP contribution in [0, 0.1) is 6.92 Å². The molecule has 0 saturated heterocycles. The van der Waals surface area contributed by atoms with Crippen molar-refractivity contribution < 1.29 is 13.2 Å². The van der Waals surface area contributed by atoms with Crippen LogP contribution in [0.4, 0.5) is 30.5 Å². The molecule has 0 unspecified atom stereocenters.